The molecule has 0 aromatic rings. The Bertz CT molecular complexity index is 413. The first kappa shape index (κ1) is 16.5. The van der Waals surface area contributed by atoms with Crippen molar-refractivity contribution in [2.45, 2.75) is 71.8 Å². The molecule has 0 heterocycles. The summed E-state index contributed by atoms with van der Waals surface area (Å²) in [4.78, 5) is 12.4. The third-order valence-electron chi connectivity index (χ3n) is 5.33. The van der Waals surface area contributed by atoms with Crippen molar-refractivity contribution in [1.29, 1.82) is 0 Å². The van der Waals surface area contributed by atoms with Crippen molar-refractivity contribution >= 4 is 5.91 Å². The topological polar surface area (TPSA) is 49.3 Å². The smallest absolute Gasteiger partial charge is 0.224 e. The van der Waals surface area contributed by atoms with Gasteiger partial charge in [0.2, 0.25) is 5.91 Å². The van der Waals surface area contributed by atoms with Crippen molar-refractivity contribution in [1.82, 2.24) is 5.32 Å². The SMILES string of the molecule is CC(C)=CC1C(C(=O)NCC2(O)CCCCCC2)C1(C)C. The van der Waals surface area contributed by atoms with E-state index in [-0.39, 0.29) is 17.2 Å². The molecule has 0 radical (unpaired) electrons. The number of hydrogen-bond acceptors (Lipinski definition) is 2. The summed E-state index contributed by atoms with van der Waals surface area (Å²) in [5.74, 6) is 0.508. The number of amides is 1. The fraction of sp³-hybridized carbons (Fsp3) is 0.833. The minimum absolute atomic E-state index is 0.0490. The van der Waals surface area contributed by atoms with Crippen molar-refractivity contribution in [2.24, 2.45) is 17.3 Å². The van der Waals surface area contributed by atoms with Gasteiger partial charge in [0.15, 0.2) is 0 Å². The number of aliphatic hydroxyl groups is 1. The van der Waals surface area contributed by atoms with E-state index in [2.05, 4.69) is 39.1 Å². The molecule has 0 saturated heterocycles. The van der Waals surface area contributed by atoms with Crippen LogP contribution in [0, 0.1) is 17.3 Å². The number of hydrogen-bond donors (Lipinski definition) is 2. The molecule has 120 valence electrons. The first-order valence-electron chi connectivity index (χ1n) is 8.41. The molecule has 0 bridgehead atoms. The van der Waals surface area contributed by atoms with Gasteiger partial charge in [0, 0.05) is 6.54 Å². The summed E-state index contributed by atoms with van der Waals surface area (Å²) in [5, 5.41) is 13.6. The summed E-state index contributed by atoms with van der Waals surface area (Å²) >= 11 is 0. The first-order valence-corrected chi connectivity index (χ1v) is 8.41. The van der Waals surface area contributed by atoms with Crippen molar-refractivity contribution in [3.8, 4) is 0 Å². The highest BCUT2D eigenvalue weighted by atomic mass is 16.3. The Kier molecular flexibility index (Phi) is 4.82. The second-order valence-electron chi connectivity index (χ2n) is 7.93. The molecule has 2 unspecified atom stereocenters. The van der Waals surface area contributed by atoms with Crippen LogP contribution in [0.4, 0.5) is 0 Å². The van der Waals surface area contributed by atoms with E-state index in [0.29, 0.717) is 12.5 Å². The minimum Gasteiger partial charge on any atom is -0.388 e. The van der Waals surface area contributed by atoms with E-state index in [1.54, 1.807) is 0 Å². The zero-order valence-electron chi connectivity index (χ0n) is 14.0. The Morgan fingerprint density at radius 1 is 1.19 bits per heavy atom. The molecule has 0 spiro atoms. The second kappa shape index (κ2) is 6.12. The fourth-order valence-corrected chi connectivity index (χ4v) is 3.77. The van der Waals surface area contributed by atoms with Crippen LogP contribution in [0.2, 0.25) is 0 Å². The first-order chi connectivity index (χ1) is 9.76. The maximum atomic E-state index is 12.4. The highest BCUT2D eigenvalue weighted by Gasteiger charge is 2.60. The molecule has 2 N–H and O–H groups in total. The lowest BCUT2D eigenvalue weighted by molar-refractivity contribution is -0.124. The molecule has 2 fully saturated rings. The zero-order chi connectivity index (χ0) is 15.7. The number of rotatable bonds is 4. The van der Waals surface area contributed by atoms with Crippen LogP contribution >= 0.6 is 0 Å². The largest absolute Gasteiger partial charge is 0.388 e. The summed E-state index contributed by atoms with van der Waals surface area (Å²) < 4.78 is 0. The van der Waals surface area contributed by atoms with Gasteiger partial charge in [-0.2, -0.15) is 0 Å². The number of allylic oxidation sites excluding steroid dienone is 2. The Morgan fingerprint density at radius 2 is 1.76 bits per heavy atom. The Morgan fingerprint density at radius 3 is 2.29 bits per heavy atom. The van der Waals surface area contributed by atoms with Gasteiger partial charge in [0.25, 0.3) is 0 Å². The third kappa shape index (κ3) is 3.88. The highest BCUT2D eigenvalue weighted by molar-refractivity contribution is 5.83. The van der Waals surface area contributed by atoms with E-state index in [1.807, 2.05) is 0 Å². The van der Waals surface area contributed by atoms with Gasteiger partial charge < -0.3 is 10.4 Å². The van der Waals surface area contributed by atoms with E-state index in [1.165, 1.54) is 18.4 Å². The van der Waals surface area contributed by atoms with E-state index in [0.717, 1.165) is 25.7 Å². The average Bonchev–Trinajstić information content (AvgIpc) is 2.99. The Hall–Kier alpha value is -0.830. The van der Waals surface area contributed by atoms with E-state index in [9.17, 15) is 9.90 Å². The van der Waals surface area contributed by atoms with E-state index >= 15 is 0 Å². The molecule has 2 rings (SSSR count). The third-order valence-corrected chi connectivity index (χ3v) is 5.33. The standard InChI is InChI=1S/C18H31NO2/c1-13(2)11-14-15(17(14,3)4)16(20)19-12-18(21)9-7-5-6-8-10-18/h11,14-15,21H,5-10,12H2,1-4H3,(H,19,20). The summed E-state index contributed by atoms with van der Waals surface area (Å²) in [5.41, 5.74) is 0.635. The van der Waals surface area contributed by atoms with Crippen LogP contribution < -0.4 is 5.32 Å². The average molecular weight is 293 g/mol. The molecule has 3 heteroatoms. The molecule has 0 aliphatic heterocycles. The van der Waals surface area contributed by atoms with Crippen molar-refractivity contribution in [3.05, 3.63) is 11.6 Å². The maximum Gasteiger partial charge on any atom is 0.224 e. The van der Waals surface area contributed by atoms with Crippen LogP contribution in [-0.2, 0) is 4.79 Å². The van der Waals surface area contributed by atoms with Crippen LogP contribution in [0.3, 0.4) is 0 Å². The Labute approximate surface area is 129 Å². The van der Waals surface area contributed by atoms with E-state index in [4.69, 9.17) is 0 Å². The molecule has 2 aliphatic rings. The second-order valence-corrected chi connectivity index (χ2v) is 7.93. The van der Waals surface area contributed by atoms with Gasteiger partial charge in [-0.1, -0.05) is 51.2 Å². The summed E-state index contributed by atoms with van der Waals surface area (Å²) in [7, 11) is 0. The molecular weight excluding hydrogens is 262 g/mol. The summed E-state index contributed by atoms with van der Waals surface area (Å²) in [6.07, 6.45) is 8.40. The quantitative estimate of drug-likeness (QED) is 0.616. The van der Waals surface area contributed by atoms with Crippen molar-refractivity contribution < 1.29 is 9.90 Å². The fourth-order valence-electron chi connectivity index (χ4n) is 3.77. The molecular formula is C18H31NO2. The number of carbonyl (C=O) groups excluding carboxylic acids is 1. The van der Waals surface area contributed by atoms with Crippen LogP contribution in [0.15, 0.2) is 11.6 Å². The molecule has 0 aromatic heterocycles. The highest BCUT2D eigenvalue weighted by Crippen LogP contribution is 2.59. The normalized spacial score (nSPS) is 30.1. The van der Waals surface area contributed by atoms with Gasteiger partial charge >= 0.3 is 0 Å². The van der Waals surface area contributed by atoms with Crippen LogP contribution in [0.25, 0.3) is 0 Å². The molecule has 3 nitrogen and oxygen atoms in total. The van der Waals surface area contributed by atoms with E-state index < -0.39 is 5.60 Å². The molecule has 2 atom stereocenters. The molecule has 1 amide bonds. The predicted octanol–water partition coefficient (Wildman–Crippen LogP) is 3.43. The van der Waals surface area contributed by atoms with Gasteiger partial charge in [-0.05, 0) is 38.0 Å². The lowest BCUT2D eigenvalue weighted by atomic mass is 9.94. The summed E-state index contributed by atoms with van der Waals surface area (Å²) in [6, 6.07) is 0. The minimum atomic E-state index is -0.683. The number of carbonyl (C=O) groups is 1. The monoisotopic (exact) mass is 293 g/mol. The Balaban J connectivity index is 1.89. The zero-order valence-corrected chi connectivity index (χ0v) is 14.0. The molecule has 2 aliphatic carbocycles. The van der Waals surface area contributed by atoms with Crippen molar-refractivity contribution in [2.75, 3.05) is 6.54 Å². The molecule has 0 aromatic carbocycles. The van der Waals surface area contributed by atoms with Gasteiger partial charge in [0.05, 0.1) is 11.5 Å². The van der Waals surface area contributed by atoms with Gasteiger partial charge in [0.1, 0.15) is 0 Å². The van der Waals surface area contributed by atoms with Crippen molar-refractivity contribution in [3.63, 3.8) is 0 Å². The van der Waals surface area contributed by atoms with Crippen LogP contribution in [0.1, 0.15) is 66.2 Å². The van der Waals surface area contributed by atoms with Crippen LogP contribution in [-0.4, -0.2) is 23.2 Å². The lowest BCUT2D eigenvalue weighted by Gasteiger charge is -2.27. The van der Waals surface area contributed by atoms with Crippen LogP contribution in [0.5, 0.6) is 0 Å². The molecule has 2 saturated carbocycles. The van der Waals surface area contributed by atoms with Gasteiger partial charge in [-0.15, -0.1) is 0 Å². The van der Waals surface area contributed by atoms with Gasteiger partial charge in [-0.25, -0.2) is 0 Å². The summed E-state index contributed by atoms with van der Waals surface area (Å²) in [6.45, 7) is 8.89. The number of nitrogens with one attached hydrogen (secondary N) is 1. The maximum absolute atomic E-state index is 12.4. The molecule has 21 heavy (non-hydrogen) atoms. The predicted molar refractivity (Wildman–Crippen MR) is 85.9 cm³/mol. The van der Waals surface area contributed by atoms with Gasteiger partial charge in [-0.3, -0.25) is 4.79 Å². The lowest BCUT2D eigenvalue weighted by Crippen LogP contribution is -2.43.